The first-order valence-corrected chi connectivity index (χ1v) is 8.78. The molecule has 0 fully saturated rings. The van der Waals surface area contributed by atoms with Gasteiger partial charge in [-0.15, -0.1) is 5.10 Å². The number of hydrogen-bond donors (Lipinski definition) is 0. The fourth-order valence-corrected chi connectivity index (χ4v) is 3.54. The minimum absolute atomic E-state index is 0.0214. The maximum Gasteiger partial charge on any atom is 0.269 e. The third kappa shape index (κ3) is 2.63. The Hall–Kier alpha value is -4.14. The van der Waals surface area contributed by atoms with Gasteiger partial charge in [0.1, 0.15) is 17.6 Å². The quantitative estimate of drug-likeness (QED) is 0.385. The molecule has 29 heavy (non-hydrogen) atoms. The molecule has 0 saturated carbocycles. The van der Waals surface area contributed by atoms with Crippen LogP contribution in [-0.2, 0) is 9.53 Å². The zero-order chi connectivity index (χ0) is 20.1. The van der Waals surface area contributed by atoms with Gasteiger partial charge in [0.25, 0.3) is 5.69 Å². The number of hydrogen-bond acceptors (Lipinski definition) is 7. The number of ketones is 2. The zero-order valence-electron chi connectivity index (χ0n) is 14.8. The molecule has 2 heterocycles. The van der Waals surface area contributed by atoms with Crippen LogP contribution in [0.2, 0.25) is 0 Å². The van der Waals surface area contributed by atoms with Crippen molar-refractivity contribution in [2.45, 2.75) is 12.5 Å². The molecule has 1 aromatic heterocycles. The van der Waals surface area contributed by atoms with Gasteiger partial charge in [0.15, 0.2) is 0 Å². The largest absolute Gasteiger partial charge is 0.483 e. The molecule has 0 bridgehead atoms. The molecule has 9 heteroatoms. The van der Waals surface area contributed by atoms with Crippen molar-refractivity contribution in [1.29, 1.82) is 0 Å². The molecule has 9 nitrogen and oxygen atoms in total. The van der Waals surface area contributed by atoms with E-state index in [2.05, 4.69) is 10.3 Å². The number of carbonyl (C=O) groups is 2. The number of non-ortho nitro benzene ring substituents is 1. The Bertz CT molecular complexity index is 1230. The fourth-order valence-electron chi connectivity index (χ4n) is 3.54. The summed E-state index contributed by atoms with van der Waals surface area (Å²) in [5.41, 5.74) is 2.37. The number of Topliss-reactive ketones (excluding diaryl/α,β-unsaturated/α-hetero) is 2. The molecule has 0 N–H and O–H groups in total. The van der Waals surface area contributed by atoms with E-state index in [1.54, 1.807) is 42.6 Å². The Morgan fingerprint density at radius 3 is 2.48 bits per heavy atom. The molecular weight excluding hydrogens is 376 g/mol. The second-order valence-corrected chi connectivity index (χ2v) is 6.68. The van der Waals surface area contributed by atoms with Gasteiger partial charge in [0.2, 0.25) is 11.6 Å². The zero-order valence-corrected chi connectivity index (χ0v) is 14.8. The number of nitrogens with zero attached hydrogens (tertiary/aromatic N) is 4. The lowest BCUT2D eigenvalue weighted by atomic mass is 9.87. The van der Waals surface area contributed by atoms with Crippen LogP contribution in [0.15, 0.2) is 60.3 Å². The van der Waals surface area contributed by atoms with Gasteiger partial charge in [0.05, 0.1) is 22.4 Å². The lowest BCUT2D eigenvalue weighted by Gasteiger charge is -2.15. The summed E-state index contributed by atoms with van der Waals surface area (Å²) in [5.74, 6) is -0.665. The number of nitro groups is 1. The highest BCUT2D eigenvalue weighted by Gasteiger charge is 2.41. The standard InChI is InChI=1S/C20H12N4O5/c25-18-13-3-1-2-4-14(13)20-15(19(18)26)9-17(29-20)16-10-23(22-21-16)11-5-7-12(8-6-11)24(27)28/h1-8,10,17H,9H2. The van der Waals surface area contributed by atoms with Gasteiger partial charge >= 0.3 is 0 Å². The third-order valence-electron chi connectivity index (χ3n) is 4.99. The normalized spacial score (nSPS) is 17.7. The van der Waals surface area contributed by atoms with Gasteiger partial charge in [0, 0.05) is 29.7 Å². The molecular formula is C20H12N4O5. The summed E-state index contributed by atoms with van der Waals surface area (Å²) in [6.07, 6.45) is 1.32. The fraction of sp³-hybridized carbons (Fsp3) is 0.100. The average molecular weight is 388 g/mol. The molecule has 0 saturated heterocycles. The molecule has 3 aromatic rings. The van der Waals surface area contributed by atoms with Crippen LogP contribution in [0.25, 0.3) is 11.4 Å². The summed E-state index contributed by atoms with van der Waals surface area (Å²) in [4.78, 5) is 35.1. The van der Waals surface area contributed by atoms with E-state index in [9.17, 15) is 19.7 Å². The number of nitro benzene ring substituents is 1. The van der Waals surface area contributed by atoms with Crippen molar-refractivity contribution >= 4 is 23.0 Å². The first kappa shape index (κ1) is 17.0. The second kappa shape index (κ2) is 6.20. The van der Waals surface area contributed by atoms with Crippen LogP contribution in [0.3, 0.4) is 0 Å². The topological polar surface area (TPSA) is 117 Å². The Labute approximate surface area is 163 Å². The second-order valence-electron chi connectivity index (χ2n) is 6.68. The van der Waals surface area contributed by atoms with Gasteiger partial charge in [-0.05, 0) is 12.1 Å². The van der Waals surface area contributed by atoms with Crippen molar-refractivity contribution in [3.8, 4) is 5.69 Å². The molecule has 0 amide bonds. The van der Waals surface area contributed by atoms with Crippen LogP contribution in [0, 0.1) is 10.1 Å². The SMILES string of the molecule is O=C1C(=O)c2ccccc2C2=C1CC(c1cn(-c3ccc([N+](=O)[O-])cc3)nn1)O2. The van der Waals surface area contributed by atoms with Crippen molar-refractivity contribution in [2.75, 3.05) is 0 Å². The highest BCUT2D eigenvalue weighted by Crippen LogP contribution is 2.44. The predicted molar refractivity (Wildman–Crippen MR) is 99.2 cm³/mol. The molecule has 2 aromatic carbocycles. The van der Waals surface area contributed by atoms with Crippen LogP contribution < -0.4 is 0 Å². The van der Waals surface area contributed by atoms with E-state index in [-0.39, 0.29) is 12.1 Å². The van der Waals surface area contributed by atoms with E-state index < -0.39 is 22.6 Å². The van der Waals surface area contributed by atoms with Crippen molar-refractivity contribution in [3.63, 3.8) is 0 Å². The maximum atomic E-state index is 12.5. The molecule has 1 atom stereocenters. The van der Waals surface area contributed by atoms with Crippen LogP contribution in [0.5, 0.6) is 0 Å². The molecule has 0 radical (unpaired) electrons. The monoisotopic (exact) mass is 388 g/mol. The van der Waals surface area contributed by atoms with Gasteiger partial charge in [-0.1, -0.05) is 29.5 Å². The van der Waals surface area contributed by atoms with Gasteiger partial charge in [-0.2, -0.15) is 0 Å². The Kier molecular flexibility index (Phi) is 3.63. The minimum atomic E-state index is -0.552. The summed E-state index contributed by atoms with van der Waals surface area (Å²) in [6.45, 7) is 0. The molecule has 0 spiro atoms. The molecule has 1 aliphatic heterocycles. The summed E-state index contributed by atoms with van der Waals surface area (Å²) < 4.78 is 7.47. The number of carbonyl (C=O) groups excluding carboxylic acids is 2. The number of rotatable bonds is 3. The summed E-state index contributed by atoms with van der Waals surface area (Å²) >= 11 is 0. The minimum Gasteiger partial charge on any atom is -0.483 e. The molecule has 142 valence electrons. The third-order valence-corrected chi connectivity index (χ3v) is 4.99. The smallest absolute Gasteiger partial charge is 0.269 e. The number of ether oxygens (including phenoxy) is 1. The maximum absolute atomic E-state index is 12.5. The average Bonchev–Trinajstić information content (AvgIpc) is 3.40. The Morgan fingerprint density at radius 2 is 1.76 bits per heavy atom. The van der Waals surface area contributed by atoms with Crippen molar-refractivity contribution in [1.82, 2.24) is 15.0 Å². The Balaban J connectivity index is 1.43. The summed E-state index contributed by atoms with van der Waals surface area (Å²) in [6, 6.07) is 12.7. The lowest BCUT2D eigenvalue weighted by Crippen LogP contribution is -2.22. The number of fused-ring (bicyclic) bond motifs is 2. The van der Waals surface area contributed by atoms with Crippen molar-refractivity contribution in [2.24, 2.45) is 0 Å². The molecule has 1 unspecified atom stereocenters. The van der Waals surface area contributed by atoms with E-state index in [0.717, 1.165) is 0 Å². The molecule has 2 aliphatic rings. The number of aromatic nitrogens is 3. The molecule has 5 rings (SSSR count). The van der Waals surface area contributed by atoms with Gasteiger partial charge in [-0.3, -0.25) is 19.7 Å². The van der Waals surface area contributed by atoms with Crippen LogP contribution in [-0.4, -0.2) is 31.5 Å². The van der Waals surface area contributed by atoms with Crippen LogP contribution >= 0.6 is 0 Å². The predicted octanol–water partition coefficient (Wildman–Crippen LogP) is 2.81. The first-order valence-electron chi connectivity index (χ1n) is 8.78. The summed E-state index contributed by atoms with van der Waals surface area (Å²) in [7, 11) is 0. The van der Waals surface area contributed by atoms with E-state index in [1.165, 1.54) is 16.8 Å². The van der Waals surface area contributed by atoms with Crippen LogP contribution in [0.4, 0.5) is 5.69 Å². The highest BCUT2D eigenvalue weighted by atomic mass is 16.6. The molecule has 1 aliphatic carbocycles. The summed E-state index contributed by atoms with van der Waals surface area (Å²) in [5, 5.41) is 19.0. The Morgan fingerprint density at radius 1 is 1.03 bits per heavy atom. The van der Waals surface area contributed by atoms with E-state index in [1.807, 2.05) is 0 Å². The van der Waals surface area contributed by atoms with E-state index in [4.69, 9.17) is 4.74 Å². The van der Waals surface area contributed by atoms with E-state index >= 15 is 0 Å². The van der Waals surface area contributed by atoms with Crippen LogP contribution in [0.1, 0.15) is 34.1 Å². The van der Waals surface area contributed by atoms with Gasteiger partial charge < -0.3 is 4.74 Å². The van der Waals surface area contributed by atoms with E-state index in [0.29, 0.717) is 33.8 Å². The van der Waals surface area contributed by atoms with Crippen molar-refractivity contribution in [3.05, 3.63) is 87.2 Å². The lowest BCUT2D eigenvalue weighted by molar-refractivity contribution is -0.384. The van der Waals surface area contributed by atoms with Gasteiger partial charge in [-0.25, -0.2) is 4.68 Å². The highest BCUT2D eigenvalue weighted by molar-refractivity contribution is 6.52. The first-order chi connectivity index (χ1) is 14.0. The number of benzene rings is 2. The van der Waals surface area contributed by atoms with Crippen molar-refractivity contribution < 1.29 is 19.2 Å².